The van der Waals surface area contributed by atoms with Gasteiger partial charge in [-0.1, -0.05) is 6.07 Å². The normalized spacial score (nSPS) is 15.7. The predicted octanol–water partition coefficient (Wildman–Crippen LogP) is 2.35. The first-order valence-electron chi connectivity index (χ1n) is 8.18. The van der Waals surface area contributed by atoms with E-state index in [9.17, 15) is 12.8 Å². The summed E-state index contributed by atoms with van der Waals surface area (Å²) in [6.45, 7) is 1.60. The van der Waals surface area contributed by atoms with Crippen molar-refractivity contribution in [1.82, 2.24) is 4.31 Å². The number of benzene rings is 2. The summed E-state index contributed by atoms with van der Waals surface area (Å²) in [4.78, 5) is 2.08. The van der Waals surface area contributed by atoms with E-state index >= 15 is 0 Å². The molecule has 8 heteroatoms. The van der Waals surface area contributed by atoms with E-state index in [0.717, 1.165) is 5.69 Å². The Hall–Kier alpha value is -2.32. The summed E-state index contributed by atoms with van der Waals surface area (Å²) in [5.41, 5.74) is 0.754. The molecule has 0 spiro atoms. The molecule has 0 unspecified atom stereocenters. The highest BCUT2D eigenvalue weighted by atomic mass is 32.2. The molecule has 0 bridgehead atoms. The predicted molar refractivity (Wildman–Crippen MR) is 96.9 cm³/mol. The molecule has 0 amide bonds. The molecule has 1 aliphatic heterocycles. The van der Waals surface area contributed by atoms with E-state index in [1.54, 1.807) is 18.2 Å². The van der Waals surface area contributed by atoms with Crippen molar-refractivity contribution >= 4 is 15.7 Å². The van der Waals surface area contributed by atoms with Gasteiger partial charge in [-0.05, 0) is 30.3 Å². The molecular weight excluding hydrogens is 359 g/mol. The summed E-state index contributed by atoms with van der Waals surface area (Å²) in [7, 11) is -0.757. The zero-order chi connectivity index (χ0) is 18.7. The van der Waals surface area contributed by atoms with Crippen LogP contribution in [0.25, 0.3) is 0 Å². The van der Waals surface area contributed by atoms with Crippen LogP contribution in [0.5, 0.6) is 11.5 Å². The molecule has 1 saturated heterocycles. The van der Waals surface area contributed by atoms with E-state index < -0.39 is 10.0 Å². The lowest BCUT2D eigenvalue weighted by molar-refractivity contribution is 0.370. The van der Waals surface area contributed by atoms with Gasteiger partial charge in [-0.25, -0.2) is 12.8 Å². The topological polar surface area (TPSA) is 59.1 Å². The Kier molecular flexibility index (Phi) is 5.33. The summed E-state index contributed by atoms with van der Waals surface area (Å²) in [5, 5.41) is 0. The van der Waals surface area contributed by atoms with Crippen LogP contribution in [0.2, 0.25) is 0 Å². The van der Waals surface area contributed by atoms with Crippen LogP contribution >= 0.6 is 0 Å². The van der Waals surface area contributed by atoms with Crippen LogP contribution in [0.3, 0.4) is 0 Å². The number of methoxy groups -OCH3 is 2. The Morgan fingerprint density at radius 1 is 0.962 bits per heavy atom. The van der Waals surface area contributed by atoms with Crippen molar-refractivity contribution < 1.29 is 22.3 Å². The fraction of sp³-hybridized carbons (Fsp3) is 0.333. The summed E-state index contributed by atoms with van der Waals surface area (Å²) in [6, 6.07) is 11.0. The van der Waals surface area contributed by atoms with Crippen molar-refractivity contribution in [2.45, 2.75) is 4.90 Å². The smallest absolute Gasteiger partial charge is 0.246 e. The first kappa shape index (κ1) is 18.5. The van der Waals surface area contributed by atoms with E-state index in [2.05, 4.69) is 0 Å². The number of piperazine rings is 1. The molecular formula is C18H21FN2O4S. The maximum Gasteiger partial charge on any atom is 0.246 e. The molecule has 0 atom stereocenters. The number of hydrogen-bond donors (Lipinski definition) is 0. The van der Waals surface area contributed by atoms with Gasteiger partial charge in [0, 0.05) is 37.9 Å². The molecule has 2 aromatic rings. The second-order valence-corrected chi connectivity index (χ2v) is 7.79. The van der Waals surface area contributed by atoms with E-state index in [1.165, 1.54) is 36.7 Å². The Balaban J connectivity index is 1.78. The summed E-state index contributed by atoms with van der Waals surface area (Å²) < 4.78 is 51.1. The molecule has 3 rings (SSSR count). The molecule has 0 aromatic heterocycles. The van der Waals surface area contributed by atoms with Gasteiger partial charge in [0.15, 0.2) is 0 Å². The lowest BCUT2D eigenvalue weighted by Gasteiger charge is -2.35. The molecule has 2 aromatic carbocycles. The molecule has 1 heterocycles. The van der Waals surface area contributed by atoms with E-state index in [4.69, 9.17) is 9.47 Å². The van der Waals surface area contributed by atoms with Crippen molar-refractivity contribution in [3.8, 4) is 11.5 Å². The van der Waals surface area contributed by atoms with Crippen molar-refractivity contribution in [1.29, 1.82) is 0 Å². The highest BCUT2D eigenvalue weighted by molar-refractivity contribution is 7.89. The third kappa shape index (κ3) is 3.61. The number of rotatable bonds is 5. The Labute approximate surface area is 152 Å². The highest BCUT2D eigenvalue weighted by Crippen LogP contribution is 2.31. The molecule has 0 aliphatic carbocycles. The fourth-order valence-corrected chi connectivity index (χ4v) is 4.55. The molecule has 0 saturated carbocycles. The molecule has 6 nitrogen and oxygen atoms in total. The minimum absolute atomic E-state index is 0.111. The molecule has 1 aliphatic rings. The first-order chi connectivity index (χ1) is 12.5. The Bertz CT molecular complexity index is 881. The molecule has 0 radical (unpaired) electrons. The molecule has 1 fully saturated rings. The van der Waals surface area contributed by atoms with Gasteiger partial charge < -0.3 is 14.4 Å². The third-order valence-corrected chi connectivity index (χ3v) is 6.34. The maximum atomic E-state index is 13.4. The monoisotopic (exact) mass is 380 g/mol. The Morgan fingerprint density at radius 3 is 2.31 bits per heavy atom. The molecule has 0 N–H and O–H groups in total. The van der Waals surface area contributed by atoms with Crippen LogP contribution < -0.4 is 14.4 Å². The number of nitrogens with zero attached hydrogens (tertiary/aromatic N) is 2. The van der Waals surface area contributed by atoms with Crippen LogP contribution in [0.15, 0.2) is 47.4 Å². The lowest BCUT2D eigenvalue weighted by atomic mass is 10.2. The quantitative estimate of drug-likeness (QED) is 0.797. The molecule has 26 heavy (non-hydrogen) atoms. The van der Waals surface area contributed by atoms with E-state index in [1.807, 2.05) is 11.0 Å². The van der Waals surface area contributed by atoms with Crippen molar-refractivity contribution in [2.75, 3.05) is 45.3 Å². The number of sulfonamides is 1. The van der Waals surface area contributed by atoms with Gasteiger partial charge >= 0.3 is 0 Å². The summed E-state index contributed by atoms with van der Waals surface area (Å²) >= 11 is 0. The SMILES string of the molecule is COc1ccc(S(=O)(=O)N2CCN(c3cccc(F)c3)CC2)c(OC)c1. The standard InChI is InChI=1S/C18H21FN2O4S/c1-24-16-6-7-18(17(13-16)25-2)26(22,23)21-10-8-20(9-11-21)15-5-3-4-14(19)12-15/h3-7,12-13H,8-11H2,1-2H3. The third-order valence-electron chi connectivity index (χ3n) is 4.40. The van der Waals surface area contributed by atoms with Gasteiger partial charge in [0.1, 0.15) is 22.2 Å². The lowest BCUT2D eigenvalue weighted by Crippen LogP contribution is -2.48. The van der Waals surface area contributed by atoms with Gasteiger partial charge in [0.25, 0.3) is 0 Å². The average molecular weight is 380 g/mol. The first-order valence-corrected chi connectivity index (χ1v) is 9.62. The van der Waals surface area contributed by atoms with Crippen molar-refractivity contribution in [3.05, 3.63) is 48.3 Å². The zero-order valence-electron chi connectivity index (χ0n) is 14.7. The largest absolute Gasteiger partial charge is 0.497 e. The van der Waals surface area contributed by atoms with Crippen LogP contribution in [0.1, 0.15) is 0 Å². The number of ether oxygens (including phenoxy) is 2. The second kappa shape index (κ2) is 7.51. The van der Waals surface area contributed by atoms with Gasteiger partial charge in [0.2, 0.25) is 10.0 Å². The highest BCUT2D eigenvalue weighted by Gasteiger charge is 2.31. The Morgan fingerprint density at radius 2 is 1.69 bits per heavy atom. The van der Waals surface area contributed by atoms with Crippen molar-refractivity contribution in [3.63, 3.8) is 0 Å². The summed E-state index contributed by atoms with van der Waals surface area (Å²) in [5.74, 6) is 0.467. The van der Waals surface area contributed by atoms with Crippen molar-refractivity contribution in [2.24, 2.45) is 0 Å². The molecule has 140 valence electrons. The van der Waals surface area contributed by atoms with Crippen LogP contribution in [0, 0.1) is 5.82 Å². The van der Waals surface area contributed by atoms with Gasteiger partial charge in [-0.15, -0.1) is 0 Å². The average Bonchev–Trinajstić information content (AvgIpc) is 2.67. The van der Waals surface area contributed by atoms with E-state index in [0.29, 0.717) is 31.9 Å². The minimum atomic E-state index is -3.69. The van der Waals surface area contributed by atoms with Crippen LogP contribution in [-0.4, -0.2) is 53.1 Å². The van der Waals surface area contributed by atoms with E-state index in [-0.39, 0.29) is 16.5 Å². The minimum Gasteiger partial charge on any atom is -0.497 e. The fourth-order valence-electron chi connectivity index (χ4n) is 2.99. The number of anilines is 1. The van der Waals surface area contributed by atoms with Crippen LogP contribution in [0.4, 0.5) is 10.1 Å². The van der Waals surface area contributed by atoms with Gasteiger partial charge in [0.05, 0.1) is 14.2 Å². The maximum absolute atomic E-state index is 13.4. The summed E-state index contributed by atoms with van der Waals surface area (Å²) in [6.07, 6.45) is 0. The second-order valence-electron chi connectivity index (χ2n) is 5.89. The van der Waals surface area contributed by atoms with Gasteiger partial charge in [-0.3, -0.25) is 0 Å². The number of hydrogen-bond acceptors (Lipinski definition) is 5. The zero-order valence-corrected chi connectivity index (χ0v) is 15.5. The number of halogens is 1. The van der Waals surface area contributed by atoms with Crippen LogP contribution in [-0.2, 0) is 10.0 Å². The van der Waals surface area contributed by atoms with Gasteiger partial charge in [-0.2, -0.15) is 4.31 Å².